The molecule has 8 heavy (non-hydrogen) atoms. The fraction of sp³-hybridized carbons (Fsp3) is 0.500. The van der Waals surface area contributed by atoms with Crippen LogP contribution in [0.1, 0.15) is 6.42 Å². The van der Waals surface area contributed by atoms with Crippen LogP contribution in [0.4, 0.5) is 0 Å². The molecule has 0 unspecified atom stereocenters. The van der Waals surface area contributed by atoms with Crippen LogP contribution in [0.5, 0.6) is 0 Å². The molecule has 0 aliphatic carbocycles. The minimum atomic E-state index is -1.03. The molecule has 1 rings (SSSR count). The number of carbonyl (C=O) groups is 2. The third-order valence-corrected chi connectivity index (χ3v) is 1.71. The van der Waals surface area contributed by atoms with E-state index in [1.165, 1.54) is 0 Å². The second kappa shape index (κ2) is 1.87. The maximum Gasteiger partial charge on any atom is 0.225 e. The van der Waals surface area contributed by atoms with Gasteiger partial charge < -0.3 is 5.11 Å². The van der Waals surface area contributed by atoms with E-state index >= 15 is 0 Å². The number of carbonyl (C=O) groups excluding carboxylic acids is 2. The molecule has 0 spiro atoms. The lowest BCUT2D eigenvalue weighted by Gasteiger charge is -1.87. The van der Waals surface area contributed by atoms with Crippen molar-refractivity contribution >= 4 is 22.0 Å². The quantitative estimate of drug-likeness (QED) is 0.484. The summed E-state index contributed by atoms with van der Waals surface area (Å²) in [6, 6.07) is 0. The van der Waals surface area contributed by atoms with E-state index in [2.05, 4.69) is 0 Å². The van der Waals surface area contributed by atoms with Gasteiger partial charge in [-0.25, -0.2) is 0 Å². The van der Waals surface area contributed by atoms with Crippen molar-refractivity contribution in [3.63, 3.8) is 0 Å². The van der Waals surface area contributed by atoms with E-state index in [0.717, 1.165) is 0 Å². The third-order valence-electron chi connectivity index (χ3n) is 0.847. The summed E-state index contributed by atoms with van der Waals surface area (Å²) in [6.45, 7) is 0. The van der Waals surface area contributed by atoms with Crippen molar-refractivity contribution in [3.05, 3.63) is 0 Å². The van der Waals surface area contributed by atoms with Crippen LogP contribution in [0.15, 0.2) is 0 Å². The number of hydrogen-bond acceptors (Lipinski definition) is 4. The van der Waals surface area contributed by atoms with E-state index in [4.69, 9.17) is 5.11 Å². The molecule has 1 aliphatic heterocycles. The fourth-order valence-electron chi connectivity index (χ4n) is 0.463. The Bertz CT molecular complexity index is 142. The predicted octanol–water partition coefficient (Wildman–Crippen LogP) is -0.463. The predicted molar refractivity (Wildman–Crippen MR) is 28.2 cm³/mol. The minimum Gasteiger partial charge on any atom is -0.384 e. The van der Waals surface area contributed by atoms with Crippen molar-refractivity contribution in [2.24, 2.45) is 0 Å². The average Bonchev–Trinajstić information content (AvgIpc) is 1.85. The van der Waals surface area contributed by atoms with Gasteiger partial charge in [-0.05, 0) is 11.8 Å². The molecule has 3 nitrogen and oxygen atoms in total. The molecule has 1 atom stereocenters. The summed E-state index contributed by atoms with van der Waals surface area (Å²) in [4.78, 5) is 20.5. The first-order chi connectivity index (χ1) is 3.70. The summed E-state index contributed by atoms with van der Waals surface area (Å²) in [5, 5.41) is 7.92. The first kappa shape index (κ1) is 5.78. The third kappa shape index (κ3) is 0.900. The molecule has 0 radical (unpaired) electrons. The van der Waals surface area contributed by atoms with Gasteiger partial charge in [-0.1, -0.05) is 0 Å². The second-order valence-corrected chi connectivity index (χ2v) is 2.57. The van der Waals surface area contributed by atoms with E-state index < -0.39 is 11.2 Å². The second-order valence-electron chi connectivity index (χ2n) is 1.51. The van der Waals surface area contributed by atoms with Crippen molar-refractivity contribution in [3.8, 4) is 0 Å². The van der Waals surface area contributed by atoms with Crippen molar-refractivity contribution < 1.29 is 14.7 Å². The van der Waals surface area contributed by atoms with Gasteiger partial charge in [0.2, 0.25) is 5.12 Å². The topological polar surface area (TPSA) is 54.4 Å². The lowest BCUT2D eigenvalue weighted by molar-refractivity contribution is -0.119. The molecule has 0 bridgehead atoms. The first-order valence-corrected chi connectivity index (χ1v) is 2.94. The summed E-state index contributed by atoms with van der Waals surface area (Å²) < 4.78 is 0. The van der Waals surface area contributed by atoms with Crippen LogP contribution in [-0.2, 0) is 9.59 Å². The lowest BCUT2D eigenvalue weighted by Crippen LogP contribution is -2.09. The van der Waals surface area contributed by atoms with Crippen LogP contribution < -0.4 is 0 Å². The number of rotatable bonds is 0. The van der Waals surface area contributed by atoms with Crippen molar-refractivity contribution in [1.29, 1.82) is 0 Å². The molecule has 0 aromatic carbocycles. The minimum absolute atomic E-state index is 0.0104. The van der Waals surface area contributed by atoms with Crippen LogP contribution >= 0.6 is 11.8 Å². The Kier molecular flexibility index (Phi) is 1.35. The normalized spacial score (nSPS) is 29.4. The van der Waals surface area contributed by atoms with Gasteiger partial charge in [-0.15, -0.1) is 0 Å². The van der Waals surface area contributed by atoms with Gasteiger partial charge in [-0.2, -0.15) is 0 Å². The number of aliphatic hydroxyl groups excluding tert-OH is 1. The largest absolute Gasteiger partial charge is 0.384 e. The van der Waals surface area contributed by atoms with Crippen LogP contribution in [-0.4, -0.2) is 21.4 Å². The van der Waals surface area contributed by atoms with E-state index in [1.807, 2.05) is 0 Å². The van der Waals surface area contributed by atoms with Gasteiger partial charge in [-0.3, -0.25) is 9.59 Å². The summed E-state index contributed by atoms with van der Waals surface area (Å²) in [7, 11) is 0. The lowest BCUT2D eigenvalue weighted by atomic mass is 10.3. The van der Waals surface area contributed by atoms with E-state index in [1.54, 1.807) is 0 Å². The van der Waals surface area contributed by atoms with Gasteiger partial charge in [0.1, 0.15) is 6.10 Å². The molecule has 4 heteroatoms. The summed E-state index contributed by atoms with van der Waals surface area (Å²) >= 11 is 0.601. The monoisotopic (exact) mass is 132 g/mol. The molecule has 44 valence electrons. The summed E-state index contributed by atoms with van der Waals surface area (Å²) in [5.74, 6) is 0. The van der Waals surface area contributed by atoms with Gasteiger partial charge in [0.05, 0.1) is 6.42 Å². The van der Waals surface area contributed by atoms with Gasteiger partial charge >= 0.3 is 0 Å². The Labute approximate surface area is 50.1 Å². The molecule has 1 aliphatic rings. The Morgan fingerprint density at radius 1 is 1.62 bits per heavy atom. The SMILES string of the molecule is O=C1C[C@H](O)C(=O)S1. The highest BCUT2D eigenvalue weighted by atomic mass is 32.2. The molecule has 1 fully saturated rings. The highest BCUT2D eigenvalue weighted by Crippen LogP contribution is 2.20. The van der Waals surface area contributed by atoms with Gasteiger partial charge in [0, 0.05) is 0 Å². The van der Waals surface area contributed by atoms with Gasteiger partial charge in [0.15, 0.2) is 5.12 Å². The van der Waals surface area contributed by atoms with Crippen LogP contribution in [0.25, 0.3) is 0 Å². The fourth-order valence-corrected chi connectivity index (χ4v) is 1.15. The van der Waals surface area contributed by atoms with Crippen molar-refractivity contribution in [1.82, 2.24) is 0 Å². The molecule has 0 amide bonds. The summed E-state index contributed by atoms with van der Waals surface area (Å²) in [6.07, 6.45) is -1.05. The molecule has 1 saturated heterocycles. The highest BCUT2D eigenvalue weighted by Gasteiger charge is 2.29. The average molecular weight is 132 g/mol. The number of aliphatic hydroxyl groups is 1. The number of hydrogen-bond donors (Lipinski definition) is 1. The van der Waals surface area contributed by atoms with Crippen molar-refractivity contribution in [2.45, 2.75) is 12.5 Å². The van der Waals surface area contributed by atoms with Gasteiger partial charge in [0.25, 0.3) is 0 Å². The highest BCUT2D eigenvalue weighted by molar-refractivity contribution is 8.26. The molecular formula is C4H4O3S. The Morgan fingerprint density at radius 3 is 2.38 bits per heavy atom. The number of thioether (sulfide) groups is 1. The molecule has 0 saturated carbocycles. The molecule has 1 N–H and O–H groups in total. The van der Waals surface area contributed by atoms with Crippen LogP contribution in [0, 0.1) is 0 Å². The van der Waals surface area contributed by atoms with E-state index in [0.29, 0.717) is 11.8 Å². The zero-order valence-electron chi connectivity index (χ0n) is 3.96. The van der Waals surface area contributed by atoms with E-state index in [-0.39, 0.29) is 11.5 Å². The smallest absolute Gasteiger partial charge is 0.225 e. The Morgan fingerprint density at radius 2 is 2.25 bits per heavy atom. The molecule has 0 aromatic heterocycles. The first-order valence-electron chi connectivity index (χ1n) is 2.13. The van der Waals surface area contributed by atoms with Crippen molar-refractivity contribution in [2.75, 3.05) is 0 Å². The Balaban J connectivity index is 2.64. The van der Waals surface area contributed by atoms with E-state index in [9.17, 15) is 9.59 Å². The summed E-state index contributed by atoms with van der Waals surface area (Å²) in [5.41, 5.74) is 0. The van der Waals surface area contributed by atoms with Crippen LogP contribution in [0.3, 0.4) is 0 Å². The standard InChI is InChI=1S/C4H4O3S/c5-2-1-3(6)8-4(2)7/h2,5H,1H2/t2-/m0/s1. The Hall–Kier alpha value is -0.350. The maximum absolute atomic E-state index is 10.3. The zero-order valence-corrected chi connectivity index (χ0v) is 4.77. The maximum atomic E-state index is 10.3. The molecule has 1 heterocycles. The zero-order chi connectivity index (χ0) is 6.15. The molecular weight excluding hydrogens is 128 g/mol. The van der Waals surface area contributed by atoms with Crippen LogP contribution in [0.2, 0.25) is 0 Å². The molecule has 0 aromatic rings.